The number of nitrogens with zero attached hydrogens (tertiary/aromatic N) is 2. The fraction of sp³-hybridized carbons (Fsp3) is 0.0455. The number of nitro benzene ring substituents is 1. The number of anilines is 1. The monoisotopic (exact) mass is 432 g/mol. The summed E-state index contributed by atoms with van der Waals surface area (Å²) in [5.74, 6) is 0.239. The van der Waals surface area contributed by atoms with E-state index < -0.39 is 16.7 Å². The zero-order chi connectivity index (χ0) is 22.5. The smallest absolute Gasteiger partial charge is 0.271 e. The van der Waals surface area contributed by atoms with Gasteiger partial charge >= 0.3 is 0 Å². The molecule has 4 rings (SSSR count). The number of ether oxygens (including phenoxy) is 2. The number of non-ortho nitro benzene ring substituents is 1. The van der Waals surface area contributed by atoms with Gasteiger partial charge in [-0.1, -0.05) is 12.1 Å². The van der Waals surface area contributed by atoms with Crippen molar-refractivity contribution >= 4 is 29.4 Å². The highest BCUT2D eigenvalue weighted by atomic mass is 16.7. The zero-order valence-electron chi connectivity index (χ0n) is 16.5. The normalized spacial score (nSPS) is 11.9. The molecular formula is C22H16N4O6. The Morgan fingerprint density at radius 2 is 1.69 bits per heavy atom. The van der Waals surface area contributed by atoms with Gasteiger partial charge in [-0.15, -0.1) is 0 Å². The van der Waals surface area contributed by atoms with Crippen LogP contribution >= 0.6 is 0 Å². The van der Waals surface area contributed by atoms with Gasteiger partial charge in [-0.3, -0.25) is 19.7 Å². The second-order valence-corrected chi connectivity index (χ2v) is 6.65. The molecule has 10 nitrogen and oxygen atoms in total. The van der Waals surface area contributed by atoms with Crippen LogP contribution in [0.3, 0.4) is 0 Å². The van der Waals surface area contributed by atoms with Crippen LogP contribution in [0.4, 0.5) is 11.4 Å². The first kappa shape index (κ1) is 20.5. The molecule has 10 heteroatoms. The third-order valence-corrected chi connectivity index (χ3v) is 4.48. The third-order valence-electron chi connectivity index (χ3n) is 4.48. The summed E-state index contributed by atoms with van der Waals surface area (Å²) in [6, 6.07) is 16.9. The summed E-state index contributed by atoms with van der Waals surface area (Å²) in [4.78, 5) is 35.1. The van der Waals surface area contributed by atoms with E-state index in [0.717, 1.165) is 0 Å². The van der Waals surface area contributed by atoms with Gasteiger partial charge in [0.25, 0.3) is 17.5 Å². The van der Waals surface area contributed by atoms with E-state index in [1.54, 1.807) is 36.4 Å². The lowest BCUT2D eigenvalue weighted by Gasteiger charge is -2.07. The maximum absolute atomic E-state index is 12.4. The van der Waals surface area contributed by atoms with E-state index >= 15 is 0 Å². The Kier molecular flexibility index (Phi) is 5.75. The van der Waals surface area contributed by atoms with Gasteiger partial charge < -0.3 is 14.8 Å². The van der Waals surface area contributed by atoms with Crippen LogP contribution in [0.2, 0.25) is 0 Å². The van der Waals surface area contributed by atoms with Crippen molar-refractivity contribution in [2.45, 2.75) is 0 Å². The predicted octanol–water partition coefficient (Wildman–Crippen LogP) is 3.34. The molecule has 2 N–H and O–H groups in total. The molecule has 1 aliphatic heterocycles. The van der Waals surface area contributed by atoms with E-state index in [1.807, 2.05) is 0 Å². The molecule has 0 saturated heterocycles. The average Bonchev–Trinajstić information content (AvgIpc) is 3.27. The highest BCUT2D eigenvalue weighted by Crippen LogP contribution is 2.31. The SMILES string of the molecule is O=C(NN=Cc1ccc2c(c1)OCO2)c1cccc(NC(=O)c2cccc([N+](=O)[O-])c2)c1. The lowest BCUT2D eigenvalue weighted by molar-refractivity contribution is -0.384. The van der Waals surface area contributed by atoms with E-state index in [1.165, 1.54) is 36.5 Å². The van der Waals surface area contributed by atoms with Crippen LogP contribution < -0.4 is 20.2 Å². The minimum absolute atomic E-state index is 0.127. The molecule has 3 aromatic carbocycles. The molecule has 1 aliphatic rings. The van der Waals surface area contributed by atoms with Crippen LogP contribution in [0.15, 0.2) is 71.8 Å². The van der Waals surface area contributed by atoms with Gasteiger partial charge in [-0.2, -0.15) is 5.10 Å². The summed E-state index contributed by atoms with van der Waals surface area (Å²) in [7, 11) is 0. The van der Waals surface area contributed by atoms with Crippen LogP contribution in [0.5, 0.6) is 11.5 Å². The van der Waals surface area contributed by atoms with Crippen molar-refractivity contribution in [3.63, 3.8) is 0 Å². The maximum atomic E-state index is 12.4. The number of amides is 2. The van der Waals surface area contributed by atoms with Gasteiger partial charge in [0.2, 0.25) is 6.79 Å². The van der Waals surface area contributed by atoms with Crippen LogP contribution in [0, 0.1) is 10.1 Å². The number of carbonyl (C=O) groups is 2. The van der Waals surface area contributed by atoms with E-state index in [0.29, 0.717) is 22.7 Å². The molecule has 2 amide bonds. The van der Waals surface area contributed by atoms with Gasteiger partial charge in [0.15, 0.2) is 11.5 Å². The Morgan fingerprint density at radius 3 is 2.50 bits per heavy atom. The van der Waals surface area contributed by atoms with E-state index in [9.17, 15) is 19.7 Å². The molecule has 1 heterocycles. The molecular weight excluding hydrogens is 416 g/mol. The molecule has 32 heavy (non-hydrogen) atoms. The second kappa shape index (κ2) is 8.96. The number of nitrogens with one attached hydrogen (secondary N) is 2. The summed E-state index contributed by atoms with van der Waals surface area (Å²) in [5, 5.41) is 17.4. The summed E-state index contributed by atoms with van der Waals surface area (Å²) in [6.07, 6.45) is 1.47. The minimum Gasteiger partial charge on any atom is -0.454 e. The number of nitro groups is 1. The number of rotatable bonds is 6. The van der Waals surface area contributed by atoms with Crippen molar-refractivity contribution in [3.05, 3.63) is 93.5 Å². The first-order chi connectivity index (χ1) is 15.5. The Balaban J connectivity index is 1.40. The topological polar surface area (TPSA) is 132 Å². The summed E-state index contributed by atoms with van der Waals surface area (Å²) >= 11 is 0. The van der Waals surface area contributed by atoms with Crippen LogP contribution in [0.25, 0.3) is 0 Å². The number of hydrogen-bond donors (Lipinski definition) is 2. The molecule has 0 bridgehead atoms. The molecule has 0 aliphatic carbocycles. The molecule has 160 valence electrons. The summed E-state index contributed by atoms with van der Waals surface area (Å²) in [5.41, 5.74) is 3.70. The molecule has 0 spiro atoms. The van der Waals surface area contributed by atoms with Crippen LogP contribution in [0.1, 0.15) is 26.3 Å². The minimum atomic E-state index is -0.578. The number of hydrogen-bond acceptors (Lipinski definition) is 7. The molecule has 0 atom stereocenters. The van der Waals surface area contributed by atoms with Crippen LogP contribution in [-0.4, -0.2) is 29.7 Å². The number of hydrazone groups is 1. The molecule has 0 fully saturated rings. The fourth-order valence-electron chi connectivity index (χ4n) is 2.93. The van der Waals surface area contributed by atoms with Crippen molar-refractivity contribution in [1.82, 2.24) is 5.43 Å². The quantitative estimate of drug-likeness (QED) is 0.349. The van der Waals surface area contributed by atoms with E-state index in [2.05, 4.69) is 15.8 Å². The predicted molar refractivity (Wildman–Crippen MR) is 115 cm³/mol. The van der Waals surface area contributed by atoms with E-state index in [-0.39, 0.29) is 23.6 Å². The third kappa shape index (κ3) is 4.70. The molecule has 3 aromatic rings. The van der Waals surface area contributed by atoms with Crippen molar-refractivity contribution < 1.29 is 24.0 Å². The maximum Gasteiger partial charge on any atom is 0.271 e. The highest BCUT2D eigenvalue weighted by Gasteiger charge is 2.14. The molecule has 0 saturated carbocycles. The average molecular weight is 432 g/mol. The zero-order valence-corrected chi connectivity index (χ0v) is 16.5. The molecule has 0 radical (unpaired) electrons. The Bertz CT molecular complexity index is 1240. The number of fused-ring (bicyclic) bond motifs is 1. The fourth-order valence-corrected chi connectivity index (χ4v) is 2.93. The van der Waals surface area contributed by atoms with Crippen LogP contribution in [-0.2, 0) is 0 Å². The standard InChI is InChI=1S/C22H16N4O6/c27-21(16-4-2-6-18(11-16)26(29)30)24-17-5-1-3-15(10-17)22(28)25-23-12-14-7-8-19-20(9-14)32-13-31-19/h1-12H,13H2,(H,24,27)(H,25,28). The van der Waals surface area contributed by atoms with Gasteiger partial charge in [0.05, 0.1) is 11.1 Å². The Hall–Kier alpha value is -4.73. The second-order valence-electron chi connectivity index (χ2n) is 6.65. The first-order valence-corrected chi connectivity index (χ1v) is 9.38. The number of benzene rings is 3. The summed E-state index contributed by atoms with van der Waals surface area (Å²) in [6.45, 7) is 0.167. The largest absolute Gasteiger partial charge is 0.454 e. The van der Waals surface area contributed by atoms with Gasteiger partial charge in [0, 0.05) is 28.9 Å². The lowest BCUT2D eigenvalue weighted by Crippen LogP contribution is -2.18. The van der Waals surface area contributed by atoms with Crippen molar-refractivity contribution in [2.75, 3.05) is 12.1 Å². The van der Waals surface area contributed by atoms with E-state index in [4.69, 9.17) is 9.47 Å². The Morgan fingerprint density at radius 1 is 0.938 bits per heavy atom. The molecule has 0 aromatic heterocycles. The lowest BCUT2D eigenvalue weighted by atomic mass is 10.1. The first-order valence-electron chi connectivity index (χ1n) is 9.38. The molecule has 0 unspecified atom stereocenters. The van der Waals surface area contributed by atoms with Crippen molar-refractivity contribution in [3.8, 4) is 11.5 Å². The van der Waals surface area contributed by atoms with Gasteiger partial charge in [0.1, 0.15) is 0 Å². The van der Waals surface area contributed by atoms with Crippen molar-refractivity contribution in [1.29, 1.82) is 0 Å². The van der Waals surface area contributed by atoms with Gasteiger partial charge in [-0.05, 0) is 48.0 Å². The number of carbonyl (C=O) groups excluding carboxylic acids is 2. The Labute approximate surface area is 181 Å². The summed E-state index contributed by atoms with van der Waals surface area (Å²) < 4.78 is 10.5. The van der Waals surface area contributed by atoms with Gasteiger partial charge in [-0.25, -0.2) is 5.43 Å². The van der Waals surface area contributed by atoms with Crippen molar-refractivity contribution in [2.24, 2.45) is 5.10 Å². The highest BCUT2D eigenvalue weighted by molar-refractivity contribution is 6.05.